The van der Waals surface area contributed by atoms with Crippen molar-refractivity contribution in [1.82, 2.24) is 14.7 Å². The standard InChI is InChI=1S/C18H21ClF3N3O2/c1-23(2)12-17(27)25-9-7-24(8-10-25)16(26)6-4-13-3-5-15(19)14(11-13)18(20,21)22/h3-6,11H,7-10,12H2,1-2H3. The quantitative estimate of drug-likeness (QED) is 0.726. The summed E-state index contributed by atoms with van der Waals surface area (Å²) in [5, 5.41) is -0.385. The van der Waals surface area contributed by atoms with Gasteiger partial charge in [0.25, 0.3) is 0 Å². The molecule has 0 aromatic heterocycles. The number of carbonyl (C=O) groups is 2. The SMILES string of the molecule is CN(C)CC(=O)N1CCN(C(=O)C=Cc2ccc(Cl)c(C(F)(F)F)c2)CC1. The molecule has 27 heavy (non-hydrogen) atoms. The van der Waals surface area contributed by atoms with E-state index in [1.54, 1.807) is 14.7 Å². The van der Waals surface area contributed by atoms with E-state index in [1.807, 2.05) is 14.1 Å². The van der Waals surface area contributed by atoms with E-state index in [2.05, 4.69) is 0 Å². The first-order chi connectivity index (χ1) is 12.6. The Labute approximate surface area is 161 Å². The minimum absolute atomic E-state index is 0.00323. The van der Waals surface area contributed by atoms with Gasteiger partial charge in [0, 0.05) is 32.3 Å². The van der Waals surface area contributed by atoms with Crippen molar-refractivity contribution in [2.45, 2.75) is 6.18 Å². The van der Waals surface area contributed by atoms with Crippen LogP contribution in [0.25, 0.3) is 6.08 Å². The van der Waals surface area contributed by atoms with E-state index in [-0.39, 0.29) is 22.4 Å². The zero-order chi connectivity index (χ0) is 20.2. The topological polar surface area (TPSA) is 43.9 Å². The largest absolute Gasteiger partial charge is 0.417 e. The van der Waals surface area contributed by atoms with Crippen LogP contribution in [0.3, 0.4) is 0 Å². The number of carbonyl (C=O) groups excluding carboxylic acids is 2. The van der Waals surface area contributed by atoms with Gasteiger partial charge >= 0.3 is 6.18 Å². The number of hydrogen-bond acceptors (Lipinski definition) is 3. The molecule has 1 fully saturated rings. The molecule has 1 aliphatic heterocycles. The van der Waals surface area contributed by atoms with Gasteiger partial charge in [0.05, 0.1) is 17.1 Å². The zero-order valence-electron chi connectivity index (χ0n) is 15.1. The molecule has 148 valence electrons. The van der Waals surface area contributed by atoms with Gasteiger partial charge in [-0.1, -0.05) is 17.7 Å². The van der Waals surface area contributed by atoms with Gasteiger partial charge in [-0.3, -0.25) is 9.59 Å². The van der Waals surface area contributed by atoms with E-state index < -0.39 is 11.7 Å². The molecule has 0 saturated carbocycles. The lowest BCUT2D eigenvalue weighted by molar-refractivity contribution is -0.137. The highest BCUT2D eigenvalue weighted by Crippen LogP contribution is 2.35. The number of benzene rings is 1. The monoisotopic (exact) mass is 403 g/mol. The van der Waals surface area contributed by atoms with Gasteiger partial charge in [-0.2, -0.15) is 13.2 Å². The first-order valence-corrected chi connectivity index (χ1v) is 8.72. The fourth-order valence-corrected chi connectivity index (χ4v) is 2.91. The van der Waals surface area contributed by atoms with E-state index >= 15 is 0 Å². The van der Waals surface area contributed by atoms with Crippen molar-refractivity contribution in [1.29, 1.82) is 0 Å². The molecule has 1 aromatic rings. The lowest BCUT2D eigenvalue weighted by atomic mass is 10.1. The summed E-state index contributed by atoms with van der Waals surface area (Å²) >= 11 is 5.58. The molecule has 0 aliphatic carbocycles. The van der Waals surface area contributed by atoms with Crippen LogP contribution in [-0.4, -0.2) is 73.3 Å². The first-order valence-electron chi connectivity index (χ1n) is 8.34. The first kappa shape index (κ1) is 21.2. The minimum Gasteiger partial charge on any atom is -0.338 e. The second-order valence-corrected chi connectivity index (χ2v) is 6.92. The third-order valence-corrected chi connectivity index (χ3v) is 4.44. The smallest absolute Gasteiger partial charge is 0.338 e. The Morgan fingerprint density at radius 2 is 1.74 bits per heavy atom. The molecule has 0 bridgehead atoms. The Bertz CT molecular complexity index is 727. The maximum absolute atomic E-state index is 12.9. The van der Waals surface area contributed by atoms with Crippen LogP contribution in [0.4, 0.5) is 13.2 Å². The maximum Gasteiger partial charge on any atom is 0.417 e. The van der Waals surface area contributed by atoms with Crippen molar-refractivity contribution in [3.05, 3.63) is 40.4 Å². The van der Waals surface area contributed by atoms with E-state index in [9.17, 15) is 22.8 Å². The molecule has 1 aliphatic rings. The van der Waals surface area contributed by atoms with Crippen LogP contribution in [-0.2, 0) is 15.8 Å². The van der Waals surface area contributed by atoms with E-state index in [1.165, 1.54) is 18.2 Å². The van der Waals surface area contributed by atoms with Gasteiger partial charge in [0.15, 0.2) is 0 Å². The third-order valence-electron chi connectivity index (χ3n) is 4.11. The number of likely N-dealkylation sites (N-methyl/N-ethyl adjacent to an activating group) is 1. The summed E-state index contributed by atoms with van der Waals surface area (Å²) in [6, 6.07) is 3.48. The average Bonchev–Trinajstić information content (AvgIpc) is 2.59. The van der Waals surface area contributed by atoms with Crippen molar-refractivity contribution < 1.29 is 22.8 Å². The number of piperazine rings is 1. The van der Waals surface area contributed by atoms with Crippen LogP contribution >= 0.6 is 11.6 Å². The number of amides is 2. The predicted molar refractivity (Wildman–Crippen MR) is 97.2 cm³/mol. The third kappa shape index (κ3) is 5.97. The summed E-state index contributed by atoms with van der Waals surface area (Å²) in [6.07, 6.45) is -1.99. The van der Waals surface area contributed by atoms with Crippen molar-refractivity contribution in [3.63, 3.8) is 0 Å². The van der Waals surface area contributed by atoms with Crippen LogP contribution in [0.2, 0.25) is 5.02 Å². The summed E-state index contributed by atoms with van der Waals surface area (Å²) in [7, 11) is 3.62. The van der Waals surface area contributed by atoms with Crippen LogP contribution < -0.4 is 0 Å². The lowest BCUT2D eigenvalue weighted by Crippen LogP contribution is -2.51. The highest BCUT2D eigenvalue weighted by Gasteiger charge is 2.33. The molecule has 1 aromatic carbocycles. The Morgan fingerprint density at radius 3 is 2.30 bits per heavy atom. The molecule has 1 saturated heterocycles. The van der Waals surface area contributed by atoms with Crippen LogP contribution in [0, 0.1) is 0 Å². The number of halogens is 4. The predicted octanol–water partition coefficient (Wildman–Crippen LogP) is 2.60. The van der Waals surface area contributed by atoms with Crippen molar-refractivity contribution >= 4 is 29.5 Å². The lowest BCUT2D eigenvalue weighted by Gasteiger charge is -2.34. The highest BCUT2D eigenvalue weighted by molar-refractivity contribution is 6.31. The second kappa shape index (κ2) is 8.75. The van der Waals surface area contributed by atoms with Crippen molar-refractivity contribution in [3.8, 4) is 0 Å². The summed E-state index contributed by atoms with van der Waals surface area (Å²) in [6.45, 7) is 1.95. The van der Waals surface area contributed by atoms with Gasteiger partial charge in [-0.15, -0.1) is 0 Å². The number of rotatable bonds is 4. The molecule has 9 heteroatoms. The van der Waals surface area contributed by atoms with Crippen LogP contribution in [0.5, 0.6) is 0 Å². The fraction of sp³-hybridized carbons (Fsp3) is 0.444. The Balaban J connectivity index is 1.96. The number of alkyl halides is 3. The molecular formula is C18H21ClF3N3O2. The van der Waals surface area contributed by atoms with Crippen molar-refractivity contribution in [2.75, 3.05) is 46.8 Å². The number of hydrogen-bond donors (Lipinski definition) is 0. The molecule has 1 heterocycles. The van der Waals surface area contributed by atoms with E-state index in [4.69, 9.17) is 11.6 Å². The molecule has 0 unspecified atom stereocenters. The number of nitrogens with zero attached hydrogens (tertiary/aromatic N) is 3. The van der Waals surface area contributed by atoms with E-state index in [0.717, 1.165) is 12.1 Å². The van der Waals surface area contributed by atoms with Gasteiger partial charge in [0.1, 0.15) is 0 Å². The molecule has 0 radical (unpaired) electrons. The maximum atomic E-state index is 12.9. The Kier molecular flexibility index (Phi) is 6.89. The molecular weight excluding hydrogens is 383 g/mol. The summed E-state index contributed by atoms with van der Waals surface area (Å²) < 4.78 is 38.6. The second-order valence-electron chi connectivity index (χ2n) is 6.51. The summed E-state index contributed by atoms with van der Waals surface area (Å²) in [5.41, 5.74) is -0.702. The summed E-state index contributed by atoms with van der Waals surface area (Å²) in [5.74, 6) is -0.304. The van der Waals surface area contributed by atoms with E-state index in [0.29, 0.717) is 32.7 Å². The fourth-order valence-electron chi connectivity index (χ4n) is 2.68. The van der Waals surface area contributed by atoms with Crippen molar-refractivity contribution in [2.24, 2.45) is 0 Å². The van der Waals surface area contributed by atoms with Gasteiger partial charge in [-0.05, 0) is 37.9 Å². The highest BCUT2D eigenvalue weighted by atomic mass is 35.5. The molecule has 2 rings (SSSR count). The zero-order valence-corrected chi connectivity index (χ0v) is 15.8. The summed E-state index contributed by atoms with van der Waals surface area (Å²) in [4.78, 5) is 29.3. The molecule has 5 nitrogen and oxygen atoms in total. The van der Waals surface area contributed by atoms with Gasteiger partial charge in [0.2, 0.25) is 11.8 Å². The normalized spacial score (nSPS) is 15.7. The van der Waals surface area contributed by atoms with Crippen LogP contribution in [0.15, 0.2) is 24.3 Å². The van der Waals surface area contributed by atoms with Crippen LogP contribution in [0.1, 0.15) is 11.1 Å². The van der Waals surface area contributed by atoms with Gasteiger partial charge in [-0.25, -0.2) is 0 Å². The molecule has 0 atom stereocenters. The molecule has 0 spiro atoms. The molecule has 2 amide bonds. The Morgan fingerprint density at radius 1 is 1.15 bits per heavy atom. The van der Waals surface area contributed by atoms with Gasteiger partial charge < -0.3 is 14.7 Å². The Hall–Kier alpha value is -2.06. The molecule has 0 N–H and O–H groups in total. The average molecular weight is 404 g/mol. The minimum atomic E-state index is -4.56.